The Morgan fingerprint density at radius 3 is 2.93 bits per heavy atom. The number of morpholine rings is 1. The second-order valence-electron chi connectivity index (χ2n) is 7.49. The van der Waals surface area contributed by atoms with Gasteiger partial charge >= 0.3 is 0 Å². The number of carbonyl (C=O) groups is 1. The largest absolute Gasteiger partial charge is 0.496 e. The van der Waals surface area contributed by atoms with Gasteiger partial charge < -0.3 is 14.4 Å². The minimum Gasteiger partial charge on any atom is -0.496 e. The number of benzene rings is 1. The van der Waals surface area contributed by atoms with Crippen LogP contribution in [0.4, 0.5) is 0 Å². The molecule has 152 valence electrons. The molecule has 1 aliphatic carbocycles. The lowest BCUT2D eigenvalue weighted by Gasteiger charge is -2.34. The first-order chi connectivity index (χ1) is 14.1. The maximum atomic E-state index is 13.2. The molecule has 1 aliphatic heterocycles. The fourth-order valence-corrected chi connectivity index (χ4v) is 4.72. The van der Waals surface area contributed by atoms with Crippen molar-refractivity contribution in [1.82, 2.24) is 9.88 Å². The van der Waals surface area contributed by atoms with E-state index in [1.54, 1.807) is 18.4 Å². The average Bonchev–Trinajstić information content (AvgIpc) is 3.43. The molecular formula is C23H26N2O3S. The lowest BCUT2D eigenvalue weighted by molar-refractivity contribution is -0.143. The minimum absolute atomic E-state index is 0.176. The Hall–Kier alpha value is -2.44. The lowest BCUT2D eigenvalue weighted by atomic mass is 9.94. The van der Waals surface area contributed by atoms with Crippen molar-refractivity contribution < 1.29 is 14.3 Å². The number of hydrogen-bond donors (Lipinski definition) is 0. The predicted molar refractivity (Wildman–Crippen MR) is 115 cm³/mol. The molecule has 1 saturated carbocycles. The van der Waals surface area contributed by atoms with Gasteiger partial charge in [0.1, 0.15) is 16.9 Å². The van der Waals surface area contributed by atoms with Gasteiger partial charge in [0, 0.05) is 17.5 Å². The van der Waals surface area contributed by atoms with Gasteiger partial charge in [-0.25, -0.2) is 4.98 Å². The third-order valence-electron chi connectivity index (χ3n) is 5.68. The third-order valence-corrected chi connectivity index (χ3v) is 6.61. The molecule has 1 aromatic heterocycles. The summed E-state index contributed by atoms with van der Waals surface area (Å²) >= 11 is 1.56. The van der Waals surface area contributed by atoms with Crippen molar-refractivity contribution >= 4 is 17.2 Å². The Bertz CT molecular complexity index is 945. The summed E-state index contributed by atoms with van der Waals surface area (Å²) in [7, 11) is 1.66. The molecule has 1 aromatic carbocycles. The number of amides is 1. The van der Waals surface area contributed by atoms with Crippen LogP contribution >= 0.6 is 11.3 Å². The van der Waals surface area contributed by atoms with Crippen LogP contribution in [0.2, 0.25) is 0 Å². The zero-order chi connectivity index (χ0) is 20.4. The van der Waals surface area contributed by atoms with Gasteiger partial charge in [0.15, 0.2) is 0 Å². The Morgan fingerprint density at radius 2 is 2.21 bits per heavy atom. The molecule has 0 radical (unpaired) electrons. The maximum absolute atomic E-state index is 13.2. The molecule has 5 nitrogen and oxygen atoms in total. The summed E-state index contributed by atoms with van der Waals surface area (Å²) in [6.07, 6.45) is 5.47. The van der Waals surface area contributed by atoms with Crippen LogP contribution in [0.3, 0.4) is 0 Å². The molecule has 2 aliphatic rings. The van der Waals surface area contributed by atoms with E-state index in [-0.39, 0.29) is 12.0 Å². The summed E-state index contributed by atoms with van der Waals surface area (Å²) in [5.74, 6) is 0.972. The van der Waals surface area contributed by atoms with Crippen molar-refractivity contribution in [3.05, 3.63) is 59.0 Å². The van der Waals surface area contributed by atoms with E-state index in [0.717, 1.165) is 40.4 Å². The zero-order valence-electron chi connectivity index (χ0n) is 16.9. The van der Waals surface area contributed by atoms with E-state index in [9.17, 15) is 4.79 Å². The fraction of sp³-hybridized carbons (Fsp3) is 0.391. The van der Waals surface area contributed by atoms with Crippen LogP contribution in [0, 0.1) is 5.41 Å². The van der Waals surface area contributed by atoms with E-state index in [2.05, 4.69) is 6.58 Å². The van der Waals surface area contributed by atoms with Crippen molar-refractivity contribution in [1.29, 1.82) is 0 Å². The molecule has 0 N–H and O–H groups in total. The number of hydrogen-bond acceptors (Lipinski definition) is 5. The van der Waals surface area contributed by atoms with Gasteiger partial charge in [-0.3, -0.25) is 4.79 Å². The highest BCUT2D eigenvalue weighted by molar-refractivity contribution is 7.10. The molecule has 4 rings (SSSR count). The summed E-state index contributed by atoms with van der Waals surface area (Å²) in [6, 6.07) is 7.84. The molecule has 2 heterocycles. The smallest absolute Gasteiger partial charge is 0.233 e. The van der Waals surface area contributed by atoms with Crippen LogP contribution in [0.15, 0.2) is 53.9 Å². The fourth-order valence-electron chi connectivity index (χ4n) is 3.86. The van der Waals surface area contributed by atoms with Crippen LogP contribution < -0.4 is 4.74 Å². The predicted octanol–water partition coefficient (Wildman–Crippen LogP) is 4.63. The summed E-state index contributed by atoms with van der Waals surface area (Å²) in [4.78, 5) is 20.0. The molecule has 29 heavy (non-hydrogen) atoms. The zero-order valence-corrected chi connectivity index (χ0v) is 17.7. The quantitative estimate of drug-likeness (QED) is 0.652. The van der Waals surface area contributed by atoms with E-state index < -0.39 is 5.41 Å². The highest BCUT2D eigenvalue weighted by Crippen LogP contribution is 2.53. The Kier molecular flexibility index (Phi) is 5.56. The monoisotopic (exact) mass is 410 g/mol. The SMILES string of the molecule is C=C(/C=C\C)C1(C(=O)N2CCOC(c3nc(-c4ccccc4OC)cs3)C2)CC1. The Morgan fingerprint density at radius 1 is 1.41 bits per heavy atom. The van der Waals surface area contributed by atoms with Crippen LogP contribution in [-0.4, -0.2) is 42.6 Å². The number of aromatic nitrogens is 1. The van der Waals surface area contributed by atoms with Gasteiger partial charge in [-0.2, -0.15) is 0 Å². The van der Waals surface area contributed by atoms with Gasteiger partial charge in [-0.15, -0.1) is 11.3 Å². The molecule has 6 heteroatoms. The van der Waals surface area contributed by atoms with Gasteiger partial charge in [-0.1, -0.05) is 30.9 Å². The van der Waals surface area contributed by atoms with E-state index in [1.807, 2.05) is 53.6 Å². The molecule has 1 unspecified atom stereocenters. The third kappa shape index (κ3) is 3.74. The number of nitrogens with zero attached hydrogens (tertiary/aromatic N) is 2. The van der Waals surface area contributed by atoms with Gasteiger partial charge in [0.2, 0.25) is 5.91 Å². The minimum atomic E-state index is -0.403. The summed E-state index contributed by atoms with van der Waals surface area (Å²) in [6.45, 7) is 7.76. The molecule has 2 fully saturated rings. The number of allylic oxidation sites excluding steroid dienone is 2. The van der Waals surface area contributed by atoms with Gasteiger partial charge in [0.25, 0.3) is 0 Å². The van der Waals surface area contributed by atoms with Crippen LogP contribution in [-0.2, 0) is 9.53 Å². The van der Waals surface area contributed by atoms with Gasteiger partial charge in [-0.05, 0) is 37.5 Å². The molecule has 2 aromatic rings. The number of para-hydroxylation sites is 1. The first-order valence-electron chi connectivity index (χ1n) is 9.91. The van der Waals surface area contributed by atoms with Crippen molar-refractivity contribution in [3.8, 4) is 17.0 Å². The van der Waals surface area contributed by atoms with E-state index in [0.29, 0.717) is 19.7 Å². The van der Waals surface area contributed by atoms with E-state index >= 15 is 0 Å². The van der Waals surface area contributed by atoms with E-state index in [1.165, 1.54) is 0 Å². The first-order valence-corrected chi connectivity index (χ1v) is 10.8. The first kappa shape index (κ1) is 19.9. The highest BCUT2D eigenvalue weighted by Gasteiger charge is 2.53. The van der Waals surface area contributed by atoms with Crippen molar-refractivity contribution in [2.24, 2.45) is 5.41 Å². The topological polar surface area (TPSA) is 51.7 Å². The van der Waals surface area contributed by atoms with Crippen LogP contribution in [0.5, 0.6) is 5.75 Å². The Balaban J connectivity index is 1.50. The average molecular weight is 411 g/mol. The summed E-state index contributed by atoms with van der Waals surface area (Å²) < 4.78 is 11.4. The Labute approximate surface area is 175 Å². The standard InChI is InChI=1S/C23H26N2O3S/c1-4-7-16(2)23(10-11-23)22(26)25-12-13-28-20(14-25)21-24-18(15-29-21)17-8-5-6-9-19(17)27-3/h4-9,15,20H,2,10-14H2,1,3H3/b7-4-. The number of thiazole rings is 1. The molecule has 1 saturated heterocycles. The second kappa shape index (κ2) is 8.13. The number of rotatable bonds is 6. The number of ether oxygens (including phenoxy) is 2. The molecule has 1 atom stereocenters. The lowest BCUT2D eigenvalue weighted by Crippen LogP contribution is -2.45. The van der Waals surface area contributed by atoms with Gasteiger partial charge in [0.05, 0.1) is 31.4 Å². The van der Waals surface area contributed by atoms with Crippen LogP contribution in [0.1, 0.15) is 30.9 Å². The second-order valence-corrected chi connectivity index (χ2v) is 8.38. The normalized spacial score (nSPS) is 20.6. The van der Waals surface area contributed by atoms with Crippen molar-refractivity contribution in [3.63, 3.8) is 0 Å². The maximum Gasteiger partial charge on any atom is 0.233 e. The molecule has 0 spiro atoms. The number of carbonyl (C=O) groups excluding carboxylic acids is 1. The van der Waals surface area contributed by atoms with E-state index in [4.69, 9.17) is 14.5 Å². The molecule has 0 bridgehead atoms. The van der Waals surface area contributed by atoms with Crippen molar-refractivity contribution in [2.45, 2.75) is 25.9 Å². The van der Waals surface area contributed by atoms with Crippen LogP contribution in [0.25, 0.3) is 11.3 Å². The van der Waals surface area contributed by atoms with Crippen molar-refractivity contribution in [2.75, 3.05) is 26.8 Å². The summed E-state index contributed by atoms with van der Waals surface area (Å²) in [5.41, 5.74) is 2.34. The summed E-state index contributed by atoms with van der Waals surface area (Å²) in [5, 5.41) is 2.91. The number of methoxy groups -OCH3 is 1. The molecular weight excluding hydrogens is 384 g/mol. The highest BCUT2D eigenvalue weighted by atomic mass is 32.1. The molecule has 1 amide bonds.